The molecule has 0 N–H and O–H groups in total. The summed E-state index contributed by atoms with van der Waals surface area (Å²) in [5, 5.41) is 0.728. The Kier molecular flexibility index (Phi) is 4.02. The van der Waals surface area contributed by atoms with Gasteiger partial charge in [0.2, 0.25) is 5.88 Å². The molecule has 4 heteroatoms. The minimum atomic E-state index is 0.491. The molecule has 0 bridgehead atoms. The predicted octanol–water partition coefficient (Wildman–Crippen LogP) is 4.38. The van der Waals surface area contributed by atoms with Crippen LogP contribution in [0.15, 0.2) is 41.0 Å². The van der Waals surface area contributed by atoms with Crippen LogP contribution in [0.4, 0.5) is 0 Å². The zero-order chi connectivity index (χ0) is 12.3. The molecule has 1 aromatic heterocycles. The lowest BCUT2D eigenvalue weighted by molar-refractivity contribution is 0.293. The van der Waals surface area contributed by atoms with Crippen molar-refractivity contribution in [3.05, 3.63) is 57.2 Å². The van der Waals surface area contributed by atoms with E-state index in [0.29, 0.717) is 12.5 Å². The first-order chi connectivity index (χ1) is 8.15. The number of hydrogen-bond donors (Lipinski definition) is 0. The monoisotopic (exact) mass is 311 g/mol. The van der Waals surface area contributed by atoms with Crippen molar-refractivity contribution in [2.45, 2.75) is 13.5 Å². The Morgan fingerprint density at radius 3 is 2.65 bits per heavy atom. The van der Waals surface area contributed by atoms with Crippen molar-refractivity contribution in [3.63, 3.8) is 0 Å². The van der Waals surface area contributed by atoms with Gasteiger partial charge in [0.05, 0.1) is 0 Å². The molecule has 0 unspecified atom stereocenters. The van der Waals surface area contributed by atoms with E-state index in [1.54, 1.807) is 6.20 Å². The first-order valence-corrected chi connectivity index (χ1v) is 6.31. The molecule has 0 spiro atoms. The maximum absolute atomic E-state index is 5.81. The third-order valence-electron chi connectivity index (χ3n) is 2.32. The molecular formula is C13H11BrClNO. The van der Waals surface area contributed by atoms with Gasteiger partial charge in [-0.15, -0.1) is 0 Å². The lowest BCUT2D eigenvalue weighted by Crippen LogP contribution is -1.97. The van der Waals surface area contributed by atoms with E-state index in [0.717, 1.165) is 20.6 Å². The molecule has 2 rings (SSSR count). The van der Waals surface area contributed by atoms with Gasteiger partial charge >= 0.3 is 0 Å². The molecule has 0 radical (unpaired) electrons. The molecule has 1 heterocycles. The van der Waals surface area contributed by atoms with E-state index in [-0.39, 0.29) is 0 Å². The Bertz CT molecular complexity index is 513. The number of ether oxygens (including phenoxy) is 1. The number of hydrogen-bond acceptors (Lipinski definition) is 2. The number of halogens is 2. The summed E-state index contributed by atoms with van der Waals surface area (Å²) in [6.07, 6.45) is 1.74. The van der Waals surface area contributed by atoms with Gasteiger partial charge in [0.1, 0.15) is 6.61 Å². The van der Waals surface area contributed by atoms with Crippen LogP contribution in [-0.4, -0.2) is 4.98 Å². The van der Waals surface area contributed by atoms with Gasteiger partial charge in [-0.1, -0.05) is 23.7 Å². The fourth-order valence-electron chi connectivity index (χ4n) is 1.33. The third-order valence-corrected chi connectivity index (χ3v) is 3.40. The highest BCUT2D eigenvalue weighted by atomic mass is 79.9. The number of rotatable bonds is 3. The third kappa shape index (κ3) is 3.45. The van der Waals surface area contributed by atoms with Gasteiger partial charge in [-0.2, -0.15) is 0 Å². The van der Waals surface area contributed by atoms with E-state index in [1.807, 2.05) is 37.3 Å². The van der Waals surface area contributed by atoms with Crippen LogP contribution < -0.4 is 4.74 Å². The van der Waals surface area contributed by atoms with Crippen molar-refractivity contribution in [3.8, 4) is 5.88 Å². The average molecular weight is 313 g/mol. The van der Waals surface area contributed by atoms with Gasteiger partial charge in [-0.25, -0.2) is 4.98 Å². The zero-order valence-electron chi connectivity index (χ0n) is 9.28. The van der Waals surface area contributed by atoms with E-state index >= 15 is 0 Å². The zero-order valence-corrected chi connectivity index (χ0v) is 11.6. The fraction of sp³-hybridized carbons (Fsp3) is 0.154. The highest BCUT2D eigenvalue weighted by Gasteiger charge is 2.00. The minimum absolute atomic E-state index is 0.491. The van der Waals surface area contributed by atoms with Gasteiger partial charge < -0.3 is 4.74 Å². The Morgan fingerprint density at radius 1 is 1.29 bits per heavy atom. The van der Waals surface area contributed by atoms with E-state index < -0.39 is 0 Å². The predicted molar refractivity (Wildman–Crippen MR) is 72.5 cm³/mol. The first-order valence-electron chi connectivity index (χ1n) is 5.14. The molecule has 17 heavy (non-hydrogen) atoms. The van der Waals surface area contributed by atoms with Crippen LogP contribution in [0.25, 0.3) is 0 Å². The maximum Gasteiger partial charge on any atom is 0.213 e. The summed E-state index contributed by atoms with van der Waals surface area (Å²) in [6, 6.07) is 9.48. The van der Waals surface area contributed by atoms with Crippen molar-refractivity contribution in [2.75, 3.05) is 0 Å². The Balaban J connectivity index is 2.02. The summed E-state index contributed by atoms with van der Waals surface area (Å²) in [6.45, 7) is 2.49. The number of benzene rings is 1. The van der Waals surface area contributed by atoms with Crippen molar-refractivity contribution in [2.24, 2.45) is 0 Å². The summed E-state index contributed by atoms with van der Waals surface area (Å²) in [5.41, 5.74) is 2.17. The first kappa shape index (κ1) is 12.4. The van der Waals surface area contributed by atoms with Gasteiger partial charge in [-0.3, -0.25) is 0 Å². The second kappa shape index (κ2) is 5.52. The van der Waals surface area contributed by atoms with Gasteiger partial charge in [0, 0.05) is 21.8 Å². The summed E-state index contributed by atoms with van der Waals surface area (Å²) >= 11 is 9.21. The van der Waals surface area contributed by atoms with Crippen LogP contribution in [0.5, 0.6) is 5.88 Å². The highest BCUT2D eigenvalue weighted by Crippen LogP contribution is 2.19. The van der Waals surface area contributed by atoms with Gasteiger partial charge in [-0.05, 0) is 46.1 Å². The SMILES string of the molecule is Cc1cc(OCc2ccc(Cl)cc2)ncc1Br. The minimum Gasteiger partial charge on any atom is -0.473 e. The lowest BCUT2D eigenvalue weighted by Gasteiger charge is -2.06. The second-order valence-electron chi connectivity index (χ2n) is 3.69. The normalized spacial score (nSPS) is 10.3. The molecule has 0 saturated carbocycles. The molecule has 0 aliphatic heterocycles. The number of aryl methyl sites for hydroxylation is 1. The standard InChI is InChI=1S/C13H11BrClNO/c1-9-6-13(16-7-12(9)14)17-8-10-2-4-11(15)5-3-10/h2-7H,8H2,1H3. The molecule has 2 aromatic rings. The van der Waals surface area contributed by atoms with Crippen LogP contribution in [0.1, 0.15) is 11.1 Å². The van der Waals surface area contributed by atoms with E-state index in [2.05, 4.69) is 20.9 Å². The molecule has 0 fully saturated rings. The summed E-state index contributed by atoms with van der Waals surface area (Å²) < 4.78 is 6.58. The van der Waals surface area contributed by atoms with Crippen LogP contribution in [0.3, 0.4) is 0 Å². The van der Waals surface area contributed by atoms with Crippen LogP contribution >= 0.6 is 27.5 Å². The highest BCUT2D eigenvalue weighted by molar-refractivity contribution is 9.10. The summed E-state index contributed by atoms with van der Waals surface area (Å²) in [4.78, 5) is 4.18. The van der Waals surface area contributed by atoms with E-state index in [4.69, 9.17) is 16.3 Å². The smallest absolute Gasteiger partial charge is 0.213 e. The van der Waals surface area contributed by atoms with Crippen LogP contribution in [0, 0.1) is 6.92 Å². The van der Waals surface area contributed by atoms with Gasteiger partial charge in [0.25, 0.3) is 0 Å². The molecule has 0 amide bonds. The molecule has 0 saturated heterocycles. The maximum atomic E-state index is 5.81. The number of pyridine rings is 1. The largest absolute Gasteiger partial charge is 0.473 e. The molecule has 2 nitrogen and oxygen atoms in total. The Hall–Kier alpha value is -1.06. The van der Waals surface area contributed by atoms with E-state index in [1.165, 1.54) is 0 Å². The quantitative estimate of drug-likeness (QED) is 0.839. The van der Waals surface area contributed by atoms with Crippen molar-refractivity contribution in [1.82, 2.24) is 4.98 Å². The van der Waals surface area contributed by atoms with Crippen LogP contribution in [0.2, 0.25) is 5.02 Å². The number of aromatic nitrogens is 1. The molecule has 0 atom stereocenters. The molecule has 0 aliphatic carbocycles. The fourth-order valence-corrected chi connectivity index (χ4v) is 1.67. The van der Waals surface area contributed by atoms with Crippen molar-refractivity contribution < 1.29 is 4.74 Å². The Labute approximate surface area is 114 Å². The number of nitrogens with zero attached hydrogens (tertiary/aromatic N) is 1. The molecule has 88 valence electrons. The average Bonchev–Trinajstić information content (AvgIpc) is 2.33. The topological polar surface area (TPSA) is 22.1 Å². The van der Waals surface area contributed by atoms with Crippen molar-refractivity contribution in [1.29, 1.82) is 0 Å². The molecular weight excluding hydrogens is 302 g/mol. The summed E-state index contributed by atoms with van der Waals surface area (Å²) in [5.74, 6) is 0.626. The second-order valence-corrected chi connectivity index (χ2v) is 4.98. The van der Waals surface area contributed by atoms with Gasteiger partial charge in [0.15, 0.2) is 0 Å². The summed E-state index contributed by atoms with van der Waals surface area (Å²) in [7, 11) is 0. The lowest BCUT2D eigenvalue weighted by atomic mass is 10.2. The molecule has 1 aromatic carbocycles. The van der Waals surface area contributed by atoms with Crippen LogP contribution in [-0.2, 0) is 6.61 Å². The van der Waals surface area contributed by atoms with Crippen molar-refractivity contribution >= 4 is 27.5 Å². The molecule has 0 aliphatic rings. The van der Waals surface area contributed by atoms with E-state index in [9.17, 15) is 0 Å². The Morgan fingerprint density at radius 2 is 2.00 bits per heavy atom.